The van der Waals surface area contributed by atoms with E-state index in [1.807, 2.05) is 95.7 Å². The summed E-state index contributed by atoms with van der Waals surface area (Å²) in [7, 11) is 0. The van der Waals surface area contributed by atoms with Crippen molar-refractivity contribution in [3.63, 3.8) is 0 Å². The van der Waals surface area contributed by atoms with Gasteiger partial charge in [0.05, 0.1) is 12.1 Å². The highest BCUT2D eigenvalue weighted by Gasteiger charge is 2.46. The second kappa shape index (κ2) is 10.5. The molecule has 0 saturated carbocycles. The summed E-state index contributed by atoms with van der Waals surface area (Å²) < 4.78 is 7.69. The fraction of sp³-hybridized carbons (Fsp3) is 0.129. The molecule has 0 saturated heterocycles. The van der Waals surface area contributed by atoms with Crippen molar-refractivity contribution in [3.05, 3.63) is 132 Å². The van der Waals surface area contributed by atoms with Gasteiger partial charge in [0.25, 0.3) is 5.91 Å². The van der Waals surface area contributed by atoms with Gasteiger partial charge in [-0.3, -0.25) is 9.78 Å². The van der Waals surface area contributed by atoms with Crippen molar-refractivity contribution < 1.29 is 14.3 Å². The van der Waals surface area contributed by atoms with Gasteiger partial charge in [-0.1, -0.05) is 72.8 Å². The molecule has 5 rings (SSSR count). The van der Waals surface area contributed by atoms with Gasteiger partial charge < -0.3 is 14.6 Å². The minimum atomic E-state index is -1.51. The third-order valence-electron chi connectivity index (χ3n) is 6.37. The Bertz CT molecular complexity index is 1520. The lowest BCUT2D eigenvalue weighted by Crippen LogP contribution is -2.54. The summed E-state index contributed by atoms with van der Waals surface area (Å²) in [5, 5.41) is 3.91. The van der Waals surface area contributed by atoms with E-state index in [2.05, 4.69) is 10.3 Å². The van der Waals surface area contributed by atoms with E-state index in [4.69, 9.17) is 4.74 Å². The predicted molar refractivity (Wildman–Crippen MR) is 143 cm³/mol. The highest BCUT2D eigenvalue weighted by Crippen LogP contribution is 2.36. The normalized spacial score (nSPS) is 12.6. The van der Waals surface area contributed by atoms with Gasteiger partial charge in [-0.2, -0.15) is 0 Å². The summed E-state index contributed by atoms with van der Waals surface area (Å²) in [4.78, 5) is 31.7. The molecule has 1 unspecified atom stereocenters. The molecular formula is C31H27N3O3. The first-order chi connectivity index (χ1) is 18.1. The number of esters is 1. The Morgan fingerprint density at radius 3 is 2.24 bits per heavy atom. The van der Waals surface area contributed by atoms with Gasteiger partial charge in [-0.25, -0.2) is 4.79 Å². The Labute approximate surface area is 215 Å². The van der Waals surface area contributed by atoms with Gasteiger partial charge in [0.15, 0.2) is 5.54 Å². The van der Waals surface area contributed by atoms with Crippen LogP contribution in [0, 0.1) is 0 Å². The first-order valence-electron chi connectivity index (χ1n) is 12.2. The van der Waals surface area contributed by atoms with E-state index < -0.39 is 17.4 Å². The summed E-state index contributed by atoms with van der Waals surface area (Å²) in [6.07, 6.45) is 3.69. The van der Waals surface area contributed by atoms with Crippen LogP contribution in [0.25, 0.3) is 16.6 Å². The first-order valence-corrected chi connectivity index (χ1v) is 12.2. The molecule has 6 heteroatoms. The SMILES string of the molecule is CCOC(=O)C(Cc1ccccc1)(NC(=O)c1ccccn1)c1cn(-c2ccccc2)c2ccccc12. The Morgan fingerprint density at radius 2 is 1.54 bits per heavy atom. The molecule has 1 amide bonds. The van der Waals surface area contributed by atoms with E-state index in [1.54, 1.807) is 31.3 Å². The number of ether oxygens (including phenoxy) is 1. The number of carbonyl (C=O) groups is 2. The quantitative estimate of drug-likeness (QED) is 0.294. The summed E-state index contributed by atoms with van der Waals surface area (Å²) in [6, 6.07) is 32.5. The van der Waals surface area contributed by atoms with Crippen molar-refractivity contribution in [1.29, 1.82) is 0 Å². The first kappa shape index (κ1) is 24.0. The third kappa shape index (κ3) is 4.74. The third-order valence-corrected chi connectivity index (χ3v) is 6.37. The van der Waals surface area contributed by atoms with Crippen LogP contribution >= 0.6 is 0 Å². The van der Waals surface area contributed by atoms with Gasteiger partial charge in [-0.05, 0) is 42.8 Å². The number of aromatic nitrogens is 2. The number of carbonyl (C=O) groups excluding carboxylic acids is 2. The Morgan fingerprint density at radius 1 is 0.865 bits per heavy atom. The van der Waals surface area contributed by atoms with E-state index in [0.717, 1.165) is 22.2 Å². The fourth-order valence-corrected chi connectivity index (χ4v) is 4.67. The molecule has 0 radical (unpaired) electrons. The molecule has 0 aliphatic heterocycles. The molecule has 0 spiro atoms. The lowest BCUT2D eigenvalue weighted by Gasteiger charge is -2.32. The summed E-state index contributed by atoms with van der Waals surface area (Å²) >= 11 is 0. The molecule has 0 aliphatic carbocycles. The van der Waals surface area contributed by atoms with Gasteiger partial charge in [0.2, 0.25) is 0 Å². The van der Waals surface area contributed by atoms with Crippen LogP contribution in [0.5, 0.6) is 0 Å². The topological polar surface area (TPSA) is 73.2 Å². The number of amides is 1. The molecule has 1 N–H and O–H groups in total. The molecule has 0 fully saturated rings. The van der Waals surface area contributed by atoms with E-state index in [1.165, 1.54) is 0 Å². The molecule has 0 bridgehead atoms. The summed E-state index contributed by atoms with van der Waals surface area (Å²) in [5.41, 5.74) is 2.10. The van der Waals surface area contributed by atoms with Gasteiger partial charge >= 0.3 is 5.97 Å². The van der Waals surface area contributed by atoms with Crippen LogP contribution in [-0.4, -0.2) is 28.0 Å². The number of hydrogen-bond acceptors (Lipinski definition) is 4. The number of nitrogens with one attached hydrogen (secondary N) is 1. The van der Waals surface area contributed by atoms with Crippen molar-refractivity contribution in [2.24, 2.45) is 0 Å². The van der Waals surface area contributed by atoms with Gasteiger partial charge in [-0.15, -0.1) is 0 Å². The van der Waals surface area contributed by atoms with Crippen molar-refractivity contribution >= 4 is 22.8 Å². The molecule has 6 nitrogen and oxygen atoms in total. The molecular weight excluding hydrogens is 462 g/mol. The fourth-order valence-electron chi connectivity index (χ4n) is 4.67. The molecule has 5 aromatic rings. The molecule has 0 aliphatic rings. The van der Waals surface area contributed by atoms with Crippen molar-refractivity contribution in [2.45, 2.75) is 18.9 Å². The van der Waals surface area contributed by atoms with Crippen LogP contribution in [0.2, 0.25) is 0 Å². The van der Waals surface area contributed by atoms with Crippen molar-refractivity contribution in [3.8, 4) is 5.69 Å². The van der Waals surface area contributed by atoms with Gasteiger partial charge in [0.1, 0.15) is 5.69 Å². The van der Waals surface area contributed by atoms with Crippen LogP contribution in [0.4, 0.5) is 0 Å². The highest BCUT2D eigenvalue weighted by atomic mass is 16.5. The zero-order valence-electron chi connectivity index (χ0n) is 20.5. The zero-order valence-corrected chi connectivity index (χ0v) is 20.5. The van der Waals surface area contributed by atoms with E-state index in [0.29, 0.717) is 5.56 Å². The Hall–Kier alpha value is -4.71. The number of para-hydroxylation sites is 2. The van der Waals surface area contributed by atoms with Crippen molar-refractivity contribution in [1.82, 2.24) is 14.9 Å². The summed E-state index contributed by atoms with van der Waals surface area (Å²) in [5.74, 6) is -0.986. The molecule has 37 heavy (non-hydrogen) atoms. The second-order valence-corrected chi connectivity index (χ2v) is 8.72. The minimum absolute atomic E-state index is 0.173. The van der Waals surface area contributed by atoms with Crippen LogP contribution in [0.15, 0.2) is 116 Å². The van der Waals surface area contributed by atoms with Crippen LogP contribution in [0.1, 0.15) is 28.5 Å². The standard InChI is InChI=1S/C31H27N3O3/c1-2-37-30(36)31(21-23-13-5-3-6-14-23,33-29(35)27-18-11-12-20-32-27)26-22-34(24-15-7-4-8-16-24)28-19-10-9-17-25(26)28/h3-20,22H,2,21H2,1H3,(H,33,35). The predicted octanol–water partition coefficient (Wildman–Crippen LogP) is 5.46. The number of hydrogen-bond donors (Lipinski definition) is 1. The minimum Gasteiger partial charge on any atom is -0.464 e. The highest BCUT2D eigenvalue weighted by molar-refractivity contribution is 6.00. The maximum absolute atomic E-state index is 14.0. The van der Waals surface area contributed by atoms with Crippen molar-refractivity contribution in [2.75, 3.05) is 6.61 Å². The molecule has 2 aromatic heterocycles. The smallest absolute Gasteiger partial charge is 0.337 e. The molecule has 2 heterocycles. The van der Waals surface area contributed by atoms with Crippen LogP contribution in [0.3, 0.4) is 0 Å². The number of fused-ring (bicyclic) bond motifs is 1. The largest absolute Gasteiger partial charge is 0.464 e. The molecule has 3 aromatic carbocycles. The average Bonchev–Trinajstić information content (AvgIpc) is 3.34. The lowest BCUT2D eigenvalue weighted by molar-refractivity contribution is -0.151. The van der Waals surface area contributed by atoms with Crippen LogP contribution in [-0.2, 0) is 21.5 Å². The Kier molecular flexibility index (Phi) is 6.81. The second-order valence-electron chi connectivity index (χ2n) is 8.72. The van der Waals surface area contributed by atoms with E-state index in [9.17, 15) is 9.59 Å². The zero-order chi connectivity index (χ0) is 25.7. The molecule has 1 atom stereocenters. The maximum Gasteiger partial charge on any atom is 0.337 e. The van der Waals surface area contributed by atoms with Gasteiger partial charge in [0, 0.05) is 35.5 Å². The maximum atomic E-state index is 14.0. The number of nitrogens with zero attached hydrogens (tertiary/aromatic N) is 2. The number of rotatable bonds is 8. The van der Waals surface area contributed by atoms with Crippen LogP contribution < -0.4 is 5.32 Å². The van der Waals surface area contributed by atoms with E-state index >= 15 is 0 Å². The number of pyridine rings is 1. The monoisotopic (exact) mass is 489 g/mol. The number of benzene rings is 3. The Balaban J connectivity index is 1.76. The average molecular weight is 490 g/mol. The summed E-state index contributed by atoms with van der Waals surface area (Å²) in [6.45, 7) is 1.94. The van der Waals surface area contributed by atoms with E-state index in [-0.39, 0.29) is 18.7 Å². The molecule has 184 valence electrons. The lowest BCUT2D eigenvalue weighted by atomic mass is 9.83.